The number of hydrogen-bond donors (Lipinski definition) is 1. The molecule has 2 fully saturated rings. The molecule has 148 valence electrons. The van der Waals surface area contributed by atoms with E-state index in [2.05, 4.69) is 59.1 Å². The molecule has 26 heavy (non-hydrogen) atoms. The normalized spacial score (nSPS) is 30.8. The van der Waals surface area contributed by atoms with E-state index >= 15 is 0 Å². The van der Waals surface area contributed by atoms with Gasteiger partial charge in [0.25, 0.3) is 0 Å². The minimum Gasteiger partial charge on any atom is -1.00 e. The van der Waals surface area contributed by atoms with Gasteiger partial charge in [-0.05, 0) is 36.0 Å². The molecule has 5 unspecified atom stereocenters. The molecule has 0 spiro atoms. The molecule has 1 aromatic carbocycles. The number of fused-ring (bicyclic) bond motifs is 2. The van der Waals surface area contributed by atoms with Gasteiger partial charge in [0, 0.05) is 5.56 Å². The molecule has 3 rings (SSSR count). The molecule has 2 saturated carbocycles. The summed E-state index contributed by atoms with van der Waals surface area (Å²) in [5.74, 6) is 2.06. The van der Waals surface area contributed by atoms with Crippen molar-refractivity contribution < 1.29 is 26.7 Å². The Morgan fingerprint density at radius 3 is 2.35 bits per heavy atom. The maximum absolute atomic E-state index is 10.6. The predicted octanol–water partition coefficient (Wildman–Crippen LogP) is 0.715. The number of nitrogens with zero attached hydrogens (tertiary/aromatic N) is 1. The van der Waals surface area contributed by atoms with Crippen LogP contribution < -0.4 is 12.4 Å². The van der Waals surface area contributed by atoms with E-state index in [0.717, 1.165) is 16.9 Å². The quantitative estimate of drug-likeness (QED) is 0.705. The molecule has 2 aliphatic carbocycles. The van der Waals surface area contributed by atoms with E-state index in [1.807, 2.05) is 6.07 Å². The van der Waals surface area contributed by atoms with Crippen molar-refractivity contribution in [2.75, 3.05) is 27.2 Å². The Morgan fingerprint density at radius 2 is 1.77 bits per heavy atom. The highest BCUT2D eigenvalue weighted by molar-refractivity contribution is 5.13. The highest BCUT2D eigenvalue weighted by Crippen LogP contribution is 2.60. The Morgan fingerprint density at radius 1 is 1.15 bits per heavy atom. The molecule has 1 N–H and O–H groups in total. The second-order valence-corrected chi connectivity index (χ2v) is 9.68. The van der Waals surface area contributed by atoms with Gasteiger partial charge in [-0.1, -0.05) is 51.1 Å². The second-order valence-electron chi connectivity index (χ2n) is 9.68. The van der Waals surface area contributed by atoms with Crippen molar-refractivity contribution in [3.8, 4) is 0 Å². The molecule has 0 aromatic heterocycles. The van der Waals surface area contributed by atoms with Crippen LogP contribution in [0.1, 0.15) is 39.2 Å². The van der Waals surface area contributed by atoms with Crippen LogP contribution in [0.3, 0.4) is 0 Å². The molecule has 3 nitrogen and oxygen atoms in total. The largest absolute Gasteiger partial charge is 1.00 e. The SMILES string of the molecule is CC1C(OCC(O)C[N+](C)(C)Cc2ccccc2)C2CCC1C2(C)C.[Cl-]. The average molecular weight is 382 g/mol. The monoisotopic (exact) mass is 381 g/mol. The molecule has 1 aromatic rings. The molecule has 0 heterocycles. The van der Waals surface area contributed by atoms with Gasteiger partial charge in [0.05, 0.1) is 26.8 Å². The van der Waals surface area contributed by atoms with Crippen LogP contribution in [-0.2, 0) is 11.3 Å². The van der Waals surface area contributed by atoms with E-state index < -0.39 is 6.10 Å². The molecule has 0 radical (unpaired) electrons. The molecule has 0 aliphatic heterocycles. The first-order valence-corrected chi connectivity index (χ1v) is 9.86. The van der Waals surface area contributed by atoms with Gasteiger partial charge in [0.15, 0.2) is 0 Å². The van der Waals surface area contributed by atoms with Gasteiger partial charge < -0.3 is 26.7 Å². The predicted molar refractivity (Wildman–Crippen MR) is 102 cm³/mol. The van der Waals surface area contributed by atoms with Crippen LogP contribution in [0.4, 0.5) is 0 Å². The topological polar surface area (TPSA) is 29.5 Å². The summed E-state index contributed by atoms with van der Waals surface area (Å²) in [5, 5.41) is 10.6. The summed E-state index contributed by atoms with van der Waals surface area (Å²) in [6.07, 6.45) is 2.56. The Labute approximate surface area is 165 Å². The zero-order chi connectivity index (χ0) is 18.2. The van der Waals surface area contributed by atoms with Crippen LogP contribution >= 0.6 is 0 Å². The third kappa shape index (κ3) is 4.44. The maximum Gasteiger partial charge on any atom is 0.126 e. The Kier molecular flexibility index (Phi) is 6.82. The first-order valence-electron chi connectivity index (χ1n) is 9.86. The van der Waals surface area contributed by atoms with E-state index in [1.165, 1.54) is 18.4 Å². The lowest BCUT2D eigenvalue weighted by Gasteiger charge is -2.33. The highest BCUT2D eigenvalue weighted by Gasteiger charge is 2.57. The smallest absolute Gasteiger partial charge is 0.126 e. The molecule has 2 aliphatic rings. The van der Waals surface area contributed by atoms with Crippen LogP contribution in [-0.4, -0.2) is 49.0 Å². The Hall–Kier alpha value is -0.610. The third-order valence-electron chi connectivity index (χ3n) is 6.89. The number of aliphatic hydroxyl groups is 1. The van der Waals surface area contributed by atoms with Gasteiger partial charge in [-0.15, -0.1) is 0 Å². The van der Waals surface area contributed by atoms with Gasteiger partial charge in [-0.3, -0.25) is 0 Å². The van der Waals surface area contributed by atoms with Gasteiger partial charge >= 0.3 is 0 Å². The third-order valence-corrected chi connectivity index (χ3v) is 6.89. The van der Waals surface area contributed by atoms with Crippen LogP contribution in [0.25, 0.3) is 0 Å². The van der Waals surface area contributed by atoms with Gasteiger partial charge in [0.2, 0.25) is 0 Å². The van der Waals surface area contributed by atoms with Gasteiger partial charge in [-0.25, -0.2) is 0 Å². The fourth-order valence-electron chi connectivity index (χ4n) is 5.76. The van der Waals surface area contributed by atoms with Crippen LogP contribution in [0, 0.1) is 23.2 Å². The van der Waals surface area contributed by atoms with E-state index in [0.29, 0.717) is 36.5 Å². The number of quaternary nitrogens is 1. The molecule has 5 atom stereocenters. The van der Waals surface area contributed by atoms with Gasteiger partial charge in [-0.2, -0.15) is 0 Å². The summed E-state index contributed by atoms with van der Waals surface area (Å²) in [6, 6.07) is 10.5. The number of hydrogen-bond acceptors (Lipinski definition) is 2. The lowest BCUT2D eigenvalue weighted by atomic mass is 9.80. The fraction of sp³-hybridized carbons (Fsp3) is 0.727. The first kappa shape index (κ1) is 21.7. The lowest BCUT2D eigenvalue weighted by Crippen LogP contribution is -3.00. The number of aliphatic hydroxyl groups excluding tert-OH is 1. The first-order chi connectivity index (χ1) is 11.7. The molecule has 0 amide bonds. The fourth-order valence-corrected chi connectivity index (χ4v) is 5.76. The van der Waals surface area contributed by atoms with Crippen molar-refractivity contribution in [3.05, 3.63) is 35.9 Å². The standard InChI is InChI=1S/C22H36NO2.ClH/c1-16-19-11-12-20(22(19,2)3)21(16)25-15-18(24)14-23(4,5)13-17-9-7-6-8-10-17;/h6-10,16,18-21,24H,11-15H2,1-5H3;1H/q+1;/p-1. The average Bonchev–Trinajstić information content (AvgIpc) is 2.91. The number of rotatable bonds is 7. The molecular weight excluding hydrogens is 346 g/mol. The van der Waals surface area contributed by atoms with E-state index in [4.69, 9.17) is 4.74 Å². The maximum atomic E-state index is 10.6. The highest BCUT2D eigenvalue weighted by atomic mass is 35.5. The van der Waals surface area contributed by atoms with Crippen molar-refractivity contribution in [1.29, 1.82) is 0 Å². The lowest BCUT2D eigenvalue weighted by molar-refractivity contribution is -0.906. The molecule has 2 bridgehead atoms. The number of ether oxygens (including phenoxy) is 1. The minimum atomic E-state index is -0.409. The van der Waals surface area contributed by atoms with Crippen molar-refractivity contribution >= 4 is 0 Å². The van der Waals surface area contributed by atoms with Crippen LogP contribution in [0.15, 0.2) is 30.3 Å². The molecule has 4 heteroatoms. The summed E-state index contributed by atoms with van der Waals surface area (Å²) >= 11 is 0. The summed E-state index contributed by atoms with van der Waals surface area (Å²) in [5.41, 5.74) is 1.71. The van der Waals surface area contributed by atoms with Crippen molar-refractivity contribution in [2.24, 2.45) is 23.2 Å². The summed E-state index contributed by atoms with van der Waals surface area (Å²) < 4.78 is 7.05. The van der Waals surface area contributed by atoms with E-state index in [9.17, 15) is 5.11 Å². The van der Waals surface area contributed by atoms with Crippen molar-refractivity contribution in [3.63, 3.8) is 0 Å². The van der Waals surface area contributed by atoms with E-state index in [1.54, 1.807) is 0 Å². The zero-order valence-electron chi connectivity index (χ0n) is 17.0. The van der Waals surface area contributed by atoms with Crippen molar-refractivity contribution in [2.45, 2.75) is 52.4 Å². The zero-order valence-corrected chi connectivity index (χ0v) is 17.7. The molecule has 0 saturated heterocycles. The van der Waals surface area contributed by atoms with Crippen LogP contribution in [0.5, 0.6) is 0 Å². The summed E-state index contributed by atoms with van der Waals surface area (Å²) in [6.45, 7) is 9.27. The Balaban J connectivity index is 0.00000243. The van der Waals surface area contributed by atoms with Crippen LogP contribution in [0.2, 0.25) is 0 Å². The Bertz CT molecular complexity index is 575. The summed E-state index contributed by atoms with van der Waals surface area (Å²) in [4.78, 5) is 0. The summed E-state index contributed by atoms with van der Waals surface area (Å²) in [7, 11) is 4.36. The number of benzene rings is 1. The number of likely N-dealkylation sites (N-methyl/N-ethyl adjacent to an activating group) is 1. The van der Waals surface area contributed by atoms with E-state index in [-0.39, 0.29) is 12.4 Å². The molecular formula is C22H36ClNO2. The minimum absolute atomic E-state index is 0. The second kappa shape index (κ2) is 8.18. The van der Waals surface area contributed by atoms with Gasteiger partial charge in [0.1, 0.15) is 19.2 Å². The van der Waals surface area contributed by atoms with Crippen molar-refractivity contribution in [1.82, 2.24) is 0 Å². The number of halogens is 1.